The van der Waals surface area contributed by atoms with Crippen LogP contribution in [0.4, 0.5) is 0 Å². The third-order valence-corrected chi connectivity index (χ3v) is 4.57. The Labute approximate surface area is 156 Å². The number of para-hydroxylation sites is 1. The summed E-state index contributed by atoms with van der Waals surface area (Å²) < 4.78 is 29.3. The number of rotatable bonds is 11. The molecule has 0 radical (unpaired) electrons. The minimum atomic E-state index is -2.64. The Bertz CT molecular complexity index is 679. The number of aryl methyl sites for hydroxylation is 1. The van der Waals surface area contributed by atoms with Crippen LogP contribution in [0.2, 0.25) is 0 Å². The van der Waals surface area contributed by atoms with E-state index in [1.165, 1.54) is 18.4 Å². The first-order valence-corrected chi connectivity index (χ1v) is 11.6. The molecule has 0 fully saturated rings. The highest BCUT2D eigenvalue weighted by Gasteiger charge is 2.19. The zero-order chi connectivity index (χ0) is 18.8. The summed E-state index contributed by atoms with van der Waals surface area (Å²) in [4.78, 5) is 0. The Morgan fingerprint density at radius 1 is 0.885 bits per heavy atom. The van der Waals surface area contributed by atoms with E-state index in [9.17, 15) is 4.57 Å². The molecule has 0 aromatic heterocycles. The minimum Gasteiger partial charge on any atom is -0.491 e. The molecule has 0 aliphatic carbocycles. The smallest absolute Gasteiger partial charge is 0.197 e. The van der Waals surface area contributed by atoms with Gasteiger partial charge in [-0.15, -0.1) is 0 Å². The molecule has 0 amide bonds. The van der Waals surface area contributed by atoms with E-state index in [-0.39, 0.29) is 13.2 Å². The second kappa shape index (κ2) is 10.4. The number of ether oxygens (including phenoxy) is 2. The summed E-state index contributed by atoms with van der Waals surface area (Å²) in [6.45, 7) is 5.96. The normalized spacial score (nSPS) is 12.6. The van der Waals surface area contributed by atoms with Crippen molar-refractivity contribution in [2.75, 3.05) is 26.5 Å². The number of benzene rings is 2. The van der Waals surface area contributed by atoms with Gasteiger partial charge in [-0.05, 0) is 42.7 Å². The second-order valence-corrected chi connectivity index (χ2v) is 9.38. The van der Waals surface area contributed by atoms with Crippen LogP contribution in [0.5, 0.6) is 11.5 Å². The van der Waals surface area contributed by atoms with E-state index >= 15 is 0 Å². The van der Waals surface area contributed by atoms with E-state index in [2.05, 4.69) is 19.1 Å². The van der Waals surface area contributed by atoms with Gasteiger partial charge in [-0.3, -0.25) is 4.57 Å². The van der Waals surface area contributed by atoms with Gasteiger partial charge in [-0.1, -0.05) is 43.7 Å². The summed E-state index contributed by atoms with van der Waals surface area (Å²) in [7, 11) is -2.64. The average molecular weight is 376 g/mol. The summed E-state index contributed by atoms with van der Waals surface area (Å²) in [5.41, 5.74) is 1.31. The molecule has 0 saturated heterocycles. The molecule has 0 N–H and O–H groups in total. The molecule has 2 rings (SSSR count). The molecule has 0 heterocycles. The molecule has 0 aliphatic heterocycles. The van der Waals surface area contributed by atoms with Crippen molar-refractivity contribution in [1.29, 1.82) is 0 Å². The quantitative estimate of drug-likeness (QED) is 0.492. The molecule has 0 spiro atoms. The van der Waals surface area contributed by atoms with Crippen LogP contribution in [0.15, 0.2) is 54.6 Å². The van der Waals surface area contributed by atoms with Crippen LogP contribution in [0.25, 0.3) is 0 Å². The van der Waals surface area contributed by atoms with Crippen LogP contribution in [0.1, 0.15) is 25.3 Å². The van der Waals surface area contributed by atoms with Crippen molar-refractivity contribution in [2.45, 2.75) is 32.3 Å². The SMILES string of the molecule is CCCCc1ccc(OCC(COc2ccccc2)OP(C)(C)=O)cc1. The Balaban J connectivity index is 1.90. The van der Waals surface area contributed by atoms with Gasteiger partial charge >= 0.3 is 0 Å². The fourth-order valence-electron chi connectivity index (χ4n) is 2.50. The van der Waals surface area contributed by atoms with E-state index in [1.807, 2.05) is 42.5 Å². The van der Waals surface area contributed by atoms with E-state index < -0.39 is 13.5 Å². The Morgan fingerprint density at radius 3 is 2.00 bits per heavy atom. The lowest BCUT2D eigenvalue weighted by molar-refractivity contribution is 0.0849. The molecule has 1 atom stereocenters. The van der Waals surface area contributed by atoms with Gasteiger partial charge in [0.15, 0.2) is 7.37 Å². The van der Waals surface area contributed by atoms with Crippen molar-refractivity contribution in [2.24, 2.45) is 0 Å². The summed E-state index contributed by atoms with van der Waals surface area (Å²) >= 11 is 0. The van der Waals surface area contributed by atoms with Crippen LogP contribution >= 0.6 is 7.37 Å². The first kappa shape index (κ1) is 20.5. The van der Waals surface area contributed by atoms with Crippen LogP contribution < -0.4 is 9.47 Å². The van der Waals surface area contributed by atoms with Crippen molar-refractivity contribution in [3.05, 3.63) is 60.2 Å². The monoisotopic (exact) mass is 376 g/mol. The maximum absolute atomic E-state index is 12.1. The molecular formula is C21H29O4P. The molecule has 1 unspecified atom stereocenters. The van der Waals surface area contributed by atoms with Gasteiger partial charge in [0.2, 0.25) is 0 Å². The topological polar surface area (TPSA) is 44.8 Å². The first-order chi connectivity index (χ1) is 12.5. The largest absolute Gasteiger partial charge is 0.491 e. The van der Waals surface area contributed by atoms with Gasteiger partial charge in [-0.2, -0.15) is 0 Å². The van der Waals surface area contributed by atoms with Gasteiger partial charge in [-0.25, -0.2) is 0 Å². The molecule has 26 heavy (non-hydrogen) atoms. The lowest BCUT2D eigenvalue weighted by Gasteiger charge is -2.21. The summed E-state index contributed by atoms with van der Waals surface area (Å²) in [6, 6.07) is 17.6. The van der Waals surface area contributed by atoms with Crippen molar-refractivity contribution in [3.63, 3.8) is 0 Å². The van der Waals surface area contributed by atoms with Gasteiger partial charge in [0.1, 0.15) is 30.8 Å². The van der Waals surface area contributed by atoms with Crippen LogP contribution in [0.3, 0.4) is 0 Å². The zero-order valence-corrected chi connectivity index (χ0v) is 16.8. The number of unbranched alkanes of at least 4 members (excludes halogenated alkanes) is 1. The molecule has 2 aromatic rings. The molecule has 0 aliphatic rings. The summed E-state index contributed by atoms with van der Waals surface area (Å²) in [5.74, 6) is 1.53. The van der Waals surface area contributed by atoms with Crippen molar-refractivity contribution < 1.29 is 18.6 Å². The van der Waals surface area contributed by atoms with Crippen LogP contribution in [0, 0.1) is 0 Å². The molecule has 142 valence electrons. The maximum atomic E-state index is 12.1. The predicted octanol–water partition coefficient (Wildman–Crippen LogP) is 5.41. The van der Waals surface area contributed by atoms with Crippen molar-refractivity contribution in [3.8, 4) is 11.5 Å². The highest BCUT2D eigenvalue weighted by atomic mass is 31.2. The minimum absolute atomic E-state index is 0.282. The van der Waals surface area contributed by atoms with Crippen molar-refractivity contribution in [1.82, 2.24) is 0 Å². The number of hydrogen-bond acceptors (Lipinski definition) is 4. The standard InChI is InChI=1S/C21H29O4P/c1-4-5-9-18-12-14-20(15-13-18)24-17-21(25-26(2,3)22)16-23-19-10-7-6-8-11-19/h6-8,10-15,21H,4-5,9,16-17H2,1-3H3. The van der Waals surface area contributed by atoms with Gasteiger partial charge < -0.3 is 14.0 Å². The van der Waals surface area contributed by atoms with Gasteiger partial charge in [0.05, 0.1) is 0 Å². The Kier molecular flexibility index (Phi) is 8.21. The number of hydrogen-bond donors (Lipinski definition) is 0. The van der Waals surface area contributed by atoms with E-state index in [1.54, 1.807) is 13.3 Å². The fourth-order valence-corrected chi connectivity index (χ4v) is 3.34. The first-order valence-electron chi connectivity index (χ1n) is 9.09. The lowest BCUT2D eigenvalue weighted by atomic mass is 10.1. The van der Waals surface area contributed by atoms with Crippen molar-refractivity contribution >= 4 is 7.37 Å². The third kappa shape index (κ3) is 8.07. The van der Waals surface area contributed by atoms with Crippen LogP contribution in [-0.4, -0.2) is 32.6 Å². The molecule has 5 heteroatoms. The zero-order valence-electron chi connectivity index (χ0n) is 15.9. The average Bonchev–Trinajstić information content (AvgIpc) is 2.63. The lowest BCUT2D eigenvalue weighted by Crippen LogP contribution is -2.27. The molecule has 4 nitrogen and oxygen atoms in total. The Morgan fingerprint density at radius 2 is 1.46 bits per heavy atom. The Hall–Kier alpha value is -1.77. The highest BCUT2D eigenvalue weighted by molar-refractivity contribution is 7.57. The van der Waals surface area contributed by atoms with Gasteiger partial charge in [0, 0.05) is 13.3 Å². The predicted molar refractivity (Wildman–Crippen MR) is 107 cm³/mol. The summed E-state index contributed by atoms with van der Waals surface area (Å²) in [6.07, 6.45) is 3.06. The molecule has 2 aromatic carbocycles. The fraction of sp³-hybridized carbons (Fsp3) is 0.429. The van der Waals surface area contributed by atoms with Gasteiger partial charge in [0.25, 0.3) is 0 Å². The van der Waals surface area contributed by atoms with E-state index in [4.69, 9.17) is 14.0 Å². The van der Waals surface area contributed by atoms with E-state index in [0.29, 0.717) is 0 Å². The second-order valence-electron chi connectivity index (χ2n) is 6.66. The van der Waals surface area contributed by atoms with Crippen LogP contribution in [-0.2, 0) is 15.5 Å². The molecule has 0 bridgehead atoms. The highest BCUT2D eigenvalue weighted by Crippen LogP contribution is 2.39. The molecule has 0 saturated carbocycles. The third-order valence-electron chi connectivity index (χ3n) is 3.76. The van der Waals surface area contributed by atoms with E-state index in [0.717, 1.165) is 17.9 Å². The molecular weight excluding hydrogens is 347 g/mol. The summed E-state index contributed by atoms with van der Waals surface area (Å²) in [5, 5.41) is 0. The maximum Gasteiger partial charge on any atom is 0.197 e.